The van der Waals surface area contributed by atoms with Gasteiger partial charge in [0.15, 0.2) is 11.6 Å². The Labute approximate surface area is 490 Å². The average Bonchev–Trinajstić information content (AvgIpc) is 2.55. The van der Waals surface area contributed by atoms with Crippen molar-refractivity contribution in [1.29, 1.82) is 0 Å². The summed E-state index contributed by atoms with van der Waals surface area (Å²) in [5.74, 6) is -3.15. The number of hydrogen-bond donors (Lipinski definition) is 2. The first-order valence-corrected chi connectivity index (χ1v) is 28.2. The Hall–Kier alpha value is -7.63. The maximum atomic E-state index is 14.8. The number of alkyl carbamates (subject to hydrolysis) is 1. The van der Waals surface area contributed by atoms with Crippen molar-refractivity contribution in [3.8, 4) is 11.5 Å². The second-order valence-corrected chi connectivity index (χ2v) is 23.1. The lowest BCUT2D eigenvalue weighted by atomic mass is 9.94. The van der Waals surface area contributed by atoms with Crippen LogP contribution in [0.5, 0.6) is 11.5 Å². The maximum Gasteiger partial charge on any atom is 0.416 e. The molecule has 0 unspecified atom stereocenters. The molecule has 85 heavy (non-hydrogen) atoms. The van der Waals surface area contributed by atoms with Gasteiger partial charge in [-0.05, 0) is 117 Å². The van der Waals surface area contributed by atoms with E-state index >= 15 is 0 Å². The number of rotatable bonds is 26. The zero-order valence-electron chi connectivity index (χ0n) is 48.9. The van der Waals surface area contributed by atoms with Crippen LogP contribution in [0.2, 0.25) is 0 Å². The molecule has 0 radical (unpaired) electrons. The summed E-state index contributed by atoms with van der Waals surface area (Å²) in [5.41, 5.74) is -5.17. The number of benzene rings is 3. The van der Waals surface area contributed by atoms with E-state index in [2.05, 4.69) is 20.6 Å². The molecule has 2 aliphatic heterocycles. The number of halogens is 6. The second kappa shape index (κ2) is 29.5. The van der Waals surface area contributed by atoms with Gasteiger partial charge >= 0.3 is 30.6 Å². The van der Waals surface area contributed by atoms with E-state index in [4.69, 9.17) is 23.7 Å². The zero-order valence-corrected chi connectivity index (χ0v) is 48.9. The quantitative estimate of drug-likeness (QED) is 0.0258. The summed E-state index contributed by atoms with van der Waals surface area (Å²) >= 11 is 0. The van der Waals surface area contributed by atoms with Crippen molar-refractivity contribution in [2.75, 3.05) is 46.3 Å². The van der Waals surface area contributed by atoms with E-state index in [1.165, 1.54) is 9.80 Å². The summed E-state index contributed by atoms with van der Waals surface area (Å²) < 4.78 is 117. The number of nitrogens with one attached hydrogen (secondary N) is 2. The minimum absolute atomic E-state index is 0.0331. The molecule has 4 aromatic rings. The van der Waals surface area contributed by atoms with Gasteiger partial charge in [0, 0.05) is 93.3 Å². The molecular weight excluding hydrogens is 1120 g/mol. The Bertz CT molecular complexity index is 3020. The van der Waals surface area contributed by atoms with Crippen LogP contribution >= 0.6 is 0 Å². The van der Waals surface area contributed by atoms with Crippen LogP contribution in [0.1, 0.15) is 153 Å². The molecule has 24 heteroatoms. The van der Waals surface area contributed by atoms with Crippen LogP contribution < -0.4 is 20.1 Å². The first-order chi connectivity index (χ1) is 39.9. The van der Waals surface area contributed by atoms with Gasteiger partial charge in [0.1, 0.15) is 70.8 Å². The third-order valence-electron chi connectivity index (χ3n) is 13.5. The molecule has 18 nitrogen and oxygen atoms in total. The van der Waals surface area contributed by atoms with Crippen LogP contribution in [0.3, 0.4) is 0 Å². The standard InChI is InChI=1S/C61H74F6N6O12/c1-58(2,3)84-56(79)72-23-19-47(34-72)82-53-39(29-45(74)17-11-13-21-68-7)25-43(60(62,63)64)27-41(53)31-51(76)49-33-50(71-37-70-49)52(77)32-42-28-44(61(65,66)67)26-40(54(42)83-48-20-24-73(35-48)57(80)85-59(4,5)6)30-46(75)18-12-14-22-69-55(78)81-36-38-15-9-8-10-16-38/h8-10,15-16,25-28,33,37,47-48,68H,11-14,17-24,29-32,34-36H2,1-7H3,(H,69,78)/t47-,48-/m1/s1. The monoisotopic (exact) mass is 1200 g/mol. The fourth-order valence-electron chi connectivity index (χ4n) is 9.46. The lowest BCUT2D eigenvalue weighted by Gasteiger charge is -2.25. The van der Waals surface area contributed by atoms with Crippen LogP contribution in [0.4, 0.5) is 40.7 Å². The summed E-state index contributed by atoms with van der Waals surface area (Å²) in [6, 6.07) is 12.9. The first-order valence-electron chi connectivity index (χ1n) is 28.2. The highest BCUT2D eigenvalue weighted by molar-refractivity contribution is 6.01. The van der Waals surface area contributed by atoms with Crippen molar-refractivity contribution in [1.82, 2.24) is 30.4 Å². The summed E-state index contributed by atoms with van der Waals surface area (Å²) in [5, 5.41) is 5.57. The smallest absolute Gasteiger partial charge is 0.416 e. The first kappa shape index (κ1) is 66.5. The molecule has 2 N–H and O–H groups in total. The molecule has 0 bridgehead atoms. The second-order valence-electron chi connectivity index (χ2n) is 23.1. The zero-order chi connectivity index (χ0) is 62.3. The molecule has 1 aromatic heterocycles. The van der Waals surface area contributed by atoms with E-state index in [1.54, 1.807) is 72.9 Å². The number of aromatic nitrogens is 2. The Morgan fingerprint density at radius 2 is 1.00 bits per heavy atom. The van der Waals surface area contributed by atoms with Crippen LogP contribution in [-0.2, 0) is 68.4 Å². The van der Waals surface area contributed by atoms with Crippen molar-refractivity contribution < 1.29 is 83.6 Å². The van der Waals surface area contributed by atoms with Crippen molar-refractivity contribution in [2.45, 2.75) is 161 Å². The number of ketones is 4. The highest BCUT2D eigenvalue weighted by Crippen LogP contribution is 2.40. The third kappa shape index (κ3) is 21.1. The predicted octanol–water partition coefficient (Wildman–Crippen LogP) is 10.9. The number of nitrogens with zero attached hydrogens (tertiary/aromatic N) is 4. The van der Waals surface area contributed by atoms with E-state index in [-0.39, 0.29) is 105 Å². The Morgan fingerprint density at radius 3 is 1.41 bits per heavy atom. The molecule has 3 aromatic carbocycles. The van der Waals surface area contributed by atoms with Gasteiger partial charge in [0.25, 0.3) is 0 Å². The molecule has 2 saturated heterocycles. The van der Waals surface area contributed by atoms with Crippen molar-refractivity contribution in [2.24, 2.45) is 0 Å². The highest BCUT2D eigenvalue weighted by atomic mass is 19.4. The van der Waals surface area contributed by atoms with Crippen molar-refractivity contribution in [3.05, 3.63) is 117 Å². The normalized spacial score (nSPS) is 15.5. The molecule has 3 heterocycles. The number of Topliss-reactive ketones (excluding diaryl/α,β-unsaturated/α-hetero) is 4. The number of amides is 3. The summed E-state index contributed by atoms with van der Waals surface area (Å²) in [4.78, 5) is 105. The predicted molar refractivity (Wildman–Crippen MR) is 298 cm³/mol. The SMILES string of the molecule is CNCCCCC(=O)Cc1cc(C(F)(F)F)cc(CC(=O)c2cc(C(=O)Cc3cc(C(F)(F)F)cc(CC(=O)CCCCNC(=O)OCc4ccccc4)c3O[C@@H]3CCN(C(=O)OC(C)(C)C)C3)ncn2)c1O[C@@H]1CCN(C(=O)OC(C)(C)C)C1. The number of likely N-dealkylation sites (tertiary alicyclic amines) is 2. The lowest BCUT2D eigenvalue weighted by molar-refractivity contribution is -0.138. The topological polar surface area (TPSA) is 222 Å². The third-order valence-corrected chi connectivity index (χ3v) is 13.5. The van der Waals surface area contributed by atoms with Gasteiger partial charge in [-0.2, -0.15) is 26.3 Å². The number of carbonyl (C=O) groups excluding carboxylic acids is 7. The van der Waals surface area contributed by atoms with E-state index in [9.17, 15) is 59.9 Å². The van der Waals surface area contributed by atoms with E-state index in [0.717, 1.165) is 36.2 Å². The van der Waals surface area contributed by atoms with E-state index in [0.29, 0.717) is 31.9 Å². The molecular formula is C61H74F6N6O12. The number of hydrogen-bond acceptors (Lipinski definition) is 15. The van der Waals surface area contributed by atoms with E-state index in [1.807, 2.05) is 6.07 Å². The van der Waals surface area contributed by atoms with Crippen LogP contribution in [0.15, 0.2) is 67.0 Å². The van der Waals surface area contributed by atoms with Gasteiger partial charge in [-0.1, -0.05) is 30.3 Å². The van der Waals surface area contributed by atoms with Gasteiger partial charge in [-0.3, -0.25) is 19.2 Å². The highest BCUT2D eigenvalue weighted by Gasteiger charge is 2.38. The minimum atomic E-state index is -5.00. The van der Waals surface area contributed by atoms with Crippen LogP contribution in [-0.4, -0.2) is 131 Å². The molecule has 0 spiro atoms. The molecule has 462 valence electrons. The van der Waals surface area contributed by atoms with Gasteiger partial charge in [0.05, 0.1) is 24.2 Å². The molecule has 2 aliphatic rings. The maximum absolute atomic E-state index is 14.8. The molecule has 0 saturated carbocycles. The fourth-order valence-corrected chi connectivity index (χ4v) is 9.46. The summed E-state index contributed by atoms with van der Waals surface area (Å²) in [6.07, 6.45) is -13.5. The van der Waals surface area contributed by atoms with Crippen molar-refractivity contribution in [3.63, 3.8) is 0 Å². The lowest BCUT2D eigenvalue weighted by Crippen LogP contribution is -2.36. The number of carbonyl (C=O) groups is 7. The van der Waals surface area contributed by atoms with Crippen molar-refractivity contribution >= 4 is 41.4 Å². The Balaban J connectivity index is 1.27. The van der Waals surface area contributed by atoms with Crippen LogP contribution in [0, 0.1) is 0 Å². The molecule has 3 amide bonds. The van der Waals surface area contributed by atoms with Crippen LogP contribution in [0.25, 0.3) is 0 Å². The number of unbranched alkanes of at least 4 members (excludes halogenated alkanes) is 2. The Morgan fingerprint density at radius 1 is 0.576 bits per heavy atom. The van der Waals surface area contributed by atoms with E-state index < -0.39 is 125 Å². The summed E-state index contributed by atoms with van der Waals surface area (Å²) in [6.45, 7) is 11.1. The van der Waals surface area contributed by atoms with Gasteiger partial charge in [0.2, 0.25) is 0 Å². The fraction of sp³-hybridized carbons (Fsp3) is 0.525. The Kier molecular flexibility index (Phi) is 23.0. The van der Waals surface area contributed by atoms with Gasteiger partial charge < -0.3 is 44.1 Å². The van der Waals surface area contributed by atoms with Gasteiger partial charge in [-0.25, -0.2) is 24.4 Å². The molecule has 0 aliphatic carbocycles. The molecule has 6 rings (SSSR count). The average molecular weight is 1200 g/mol. The van der Waals surface area contributed by atoms with Gasteiger partial charge in [-0.15, -0.1) is 0 Å². The molecule has 2 atom stereocenters. The summed E-state index contributed by atoms with van der Waals surface area (Å²) in [7, 11) is 1.74. The molecule has 2 fully saturated rings. The minimum Gasteiger partial charge on any atom is -0.488 e. The largest absolute Gasteiger partial charge is 0.488 e. The number of alkyl halides is 6. The number of ether oxygens (including phenoxy) is 5.